The van der Waals surface area contributed by atoms with E-state index in [9.17, 15) is 0 Å². The fourth-order valence-corrected chi connectivity index (χ4v) is 15.7. The van der Waals surface area contributed by atoms with Crippen LogP contribution in [0.5, 0.6) is 0 Å². The summed E-state index contributed by atoms with van der Waals surface area (Å²) in [5.74, 6) is 0. The van der Waals surface area contributed by atoms with Crippen LogP contribution in [0.2, 0.25) is 45.3 Å². The molecule has 0 atom stereocenters. The number of hydrogen-bond donors (Lipinski definition) is 0. The Labute approximate surface area is 141 Å². The molecule has 0 saturated heterocycles. The van der Waals surface area contributed by atoms with Crippen LogP contribution >= 0.6 is 0 Å². The van der Waals surface area contributed by atoms with Gasteiger partial charge in [0.25, 0.3) is 0 Å². The van der Waals surface area contributed by atoms with E-state index in [1.165, 1.54) is 0 Å². The fourth-order valence-electron chi connectivity index (χ4n) is 1.76. The topological polar surface area (TPSA) is 27.7 Å². The minimum Gasteiger partial charge on any atom is -0.413 e. The summed E-state index contributed by atoms with van der Waals surface area (Å²) < 4.78 is 19.6. The first-order chi connectivity index (χ1) is 9.86. The predicted molar refractivity (Wildman–Crippen MR) is 107 cm³/mol. The fraction of sp³-hybridized carbons (Fsp3) is 0.533. The van der Waals surface area contributed by atoms with Crippen LogP contribution in [0.1, 0.15) is 6.42 Å². The van der Waals surface area contributed by atoms with E-state index in [1.54, 1.807) is 0 Å². The zero-order valence-corrected chi connectivity index (χ0v) is 19.2. The maximum absolute atomic E-state index is 6.54. The molecule has 0 rings (SSSR count). The Morgan fingerprint density at radius 1 is 0.682 bits per heavy atom. The van der Waals surface area contributed by atoms with Gasteiger partial charge in [-0.25, -0.2) is 0 Å². The van der Waals surface area contributed by atoms with Crippen molar-refractivity contribution in [1.29, 1.82) is 0 Å². The van der Waals surface area contributed by atoms with Gasteiger partial charge in [0.1, 0.15) is 0 Å². The SMILES string of the molecule is [CH2]CC[Si](O[Si](C)(C)C=C)(O[Si](C)(C)C=C)O[Si](C)(C)C=C. The zero-order chi connectivity index (χ0) is 17.7. The second-order valence-corrected chi connectivity index (χ2v) is 22.2. The summed E-state index contributed by atoms with van der Waals surface area (Å²) in [4.78, 5) is 0. The van der Waals surface area contributed by atoms with Crippen molar-refractivity contribution < 1.29 is 12.3 Å². The van der Waals surface area contributed by atoms with E-state index >= 15 is 0 Å². The molecule has 0 aliphatic carbocycles. The average molecular weight is 374 g/mol. The van der Waals surface area contributed by atoms with Gasteiger partial charge >= 0.3 is 8.80 Å². The van der Waals surface area contributed by atoms with Gasteiger partial charge in [-0.1, -0.05) is 24.0 Å². The van der Waals surface area contributed by atoms with E-state index in [0.29, 0.717) is 6.04 Å². The Kier molecular flexibility index (Phi) is 8.17. The van der Waals surface area contributed by atoms with E-state index < -0.39 is 33.8 Å². The van der Waals surface area contributed by atoms with Gasteiger partial charge in [-0.15, -0.1) is 19.7 Å². The first-order valence-electron chi connectivity index (χ1n) is 7.67. The summed E-state index contributed by atoms with van der Waals surface area (Å²) in [6, 6.07) is 0.714. The third-order valence-corrected chi connectivity index (χ3v) is 17.2. The summed E-state index contributed by atoms with van der Waals surface area (Å²) in [5.41, 5.74) is 5.78. The van der Waals surface area contributed by atoms with Crippen LogP contribution in [-0.2, 0) is 12.3 Å². The third kappa shape index (κ3) is 7.49. The molecular weight excluding hydrogens is 341 g/mol. The summed E-state index contributed by atoms with van der Waals surface area (Å²) in [5, 5.41) is 0. The number of rotatable bonds is 11. The largest absolute Gasteiger partial charge is 0.470 e. The lowest BCUT2D eigenvalue weighted by Gasteiger charge is -2.43. The minimum absolute atomic E-state index is 0.714. The Hall–Kier alpha value is -0.0325. The molecule has 0 aliphatic rings. The summed E-state index contributed by atoms with van der Waals surface area (Å²) in [6.07, 6.45) is 0.719. The maximum Gasteiger partial charge on any atom is 0.470 e. The van der Waals surface area contributed by atoms with E-state index in [-0.39, 0.29) is 0 Å². The lowest BCUT2D eigenvalue weighted by Crippen LogP contribution is -2.61. The maximum atomic E-state index is 6.54. The van der Waals surface area contributed by atoms with Gasteiger partial charge in [-0.05, 0) is 45.7 Å². The van der Waals surface area contributed by atoms with Crippen molar-refractivity contribution in [2.24, 2.45) is 0 Å². The van der Waals surface area contributed by atoms with Gasteiger partial charge in [-0.3, -0.25) is 0 Å². The van der Waals surface area contributed by atoms with Crippen molar-refractivity contribution in [3.05, 3.63) is 43.8 Å². The van der Waals surface area contributed by atoms with Crippen molar-refractivity contribution in [3.63, 3.8) is 0 Å². The average Bonchev–Trinajstić information content (AvgIpc) is 2.37. The normalized spacial score (nSPS) is 13.8. The lowest BCUT2D eigenvalue weighted by molar-refractivity contribution is 0.256. The molecule has 127 valence electrons. The molecule has 3 nitrogen and oxygen atoms in total. The van der Waals surface area contributed by atoms with Gasteiger partial charge < -0.3 is 12.3 Å². The van der Waals surface area contributed by atoms with Crippen molar-refractivity contribution in [2.75, 3.05) is 0 Å². The molecule has 7 heteroatoms. The highest BCUT2D eigenvalue weighted by atomic mass is 28.5. The highest BCUT2D eigenvalue weighted by molar-refractivity contribution is 6.93. The van der Waals surface area contributed by atoms with Crippen LogP contribution in [-0.4, -0.2) is 33.8 Å². The lowest BCUT2D eigenvalue weighted by atomic mass is 10.6. The molecule has 0 fully saturated rings. The molecule has 0 bridgehead atoms. The molecular formula is C15H33O3Si4. The smallest absolute Gasteiger partial charge is 0.413 e. The molecule has 0 aromatic heterocycles. The molecule has 0 aromatic carbocycles. The first kappa shape index (κ1) is 22.0. The van der Waals surface area contributed by atoms with E-state index in [4.69, 9.17) is 12.3 Å². The summed E-state index contributed by atoms with van der Waals surface area (Å²) in [7, 11) is -9.01. The monoisotopic (exact) mass is 373 g/mol. The van der Waals surface area contributed by atoms with E-state index in [0.717, 1.165) is 6.42 Å². The molecule has 0 saturated carbocycles. The Bertz CT molecular complexity index is 351. The standard InChI is InChI=1S/C15H33O3Si4/c1-11-15-22(16-19(5,6)12-2,17-20(7,8)13-3)18-21(9,10)14-4/h12-14H,1-4,11,15H2,5-10H3. The Morgan fingerprint density at radius 3 is 1.14 bits per heavy atom. The summed E-state index contributed by atoms with van der Waals surface area (Å²) >= 11 is 0. The molecule has 1 radical (unpaired) electrons. The van der Waals surface area contributed by atoms with Gasteiger partial charge in [0.05, 0.1) is 0 Å². The molecule has 0 spiro atoms. The van der Waals surface area contributed by atoms with Crippen molar-refractivity contribution in [3.8, 4) is 0 Å². The second-order valence-electron chi connectivity index (χ2n) is 7.02. The highest BCUT2D eigenvalue weighted by Crippen LogP contribution is 2.30. The van der Waals surface area contributed by atoms with Crippen LogP contribution in [0.15, 0.2) is 36.8 Å². The molecule has 0 heterocycles. The Morgan fingerprint density at radius 2 is 0.955 bits per heavy atom. The van der Waals surface area contributed by atoms with Gasteiger partial charge in [0.15, 0.2) is 0 Å². The van der Waals surface area contributed by atoms with Crippen LogP contribution in [0.4, 0.5) is 0 Å². The number of hydrogen-bond acceptors (Lipinski definition) is 3. The van der Waals surface area contributed by atoms with Crippen molar-refractivity contribution in [2.45, 2.75) is 51.7 Å². The van der Waals surface area contributed by atoms with Crippen LogP contribution < -0.4 is 0 Å². The van der Waals surface area contributed by atoms with Gasteiger partial charge in [0, 0.05) is 6.04 Å². The molecule has 0 N–H and O–H groups in total. The predicted octanol–water partition coefficient (Wildman–Crippen LogP) is 4.99. The van der Waals surface area contributed by atoms with Crippen LogP contribution in [0.3, 0.4) is 0 Å². The highest BCUT2D eigenvalue weighted by Gasteiger charge is 2.50. The van der Waals surface area contributed by atoms with E-state index in [2.05, 4.69) is 65.9 Å². The third-order valence-electron chi connectivity index (χ3n) is 3.21. The van der Waals surface area contributed by atoms with E-state index in [1.807, 2.05) is 17.1 Å². The molecule has 0 unspecified atom stereocenters. The molecule has 22 heavy (non-hydrogen) atoms. The van der Waals surface area contributed by atoms with Gasteiger partial charge in [0.2, 0.25) is 25.0 Å². The zero-order valence-electron chi connectivity index (χ0n) is 15.2. The first-order valence-corrected chi connectivity index (χ1v) is 18.6. The Balaban J connectivity index is 5.77. The van der Waals surface area contributed by atoms with Crippen LogP contribution in [0, 0.1) is 6.92 Å². The van der Waals surface area contributed by atoms with Crippen LogP contribution in [0.25, 0.3) is 0 Å². The van der Waals surface area contributed by atoms with Gasteiger partial charge in [-0.2, -0.15) is 0 Å². The van der Waals surface area contributed by atoms with Crippen molar-refractivity contribution >= 4 is 33.8 Å². The van der Waals surface area contributed by atoms with Crippen molar-refractivity contribution in [1.82, 2.24) is 0 Å². The molecule has 0 amide bonds. The quantitative estimate of drug-likeness (QED) is 0.477. The summed E-state index contributed by atoms with van der Waals surface area (Å²) in [6.45, 7) is 28.5. The second kappa shape index (κ2) is 8.18. The minimum atomic E-state index is -2.86. The molecule has 0 aliphatic heterocycles. The molecule has 0 aromatic rings.